The minimum absolute atomic E-state index is 0.0141. The first kappa shape index (κ1) is 18.7. The Hall–Kier alpha value is -3.32. The number of nitrogens with zero attached hydrogens (tertiary/aromatic N) is 2. The van der Waals surface area contributed by atoms with Crippen molar-refractivity contribution in [3.63, 3.8) is 0 Å². The maximum absolute atomic E-state index is 5.45. The number of H-pyrrole nitrogens is 2. The summed E-state index contributed by atoms with van der Waals surface area (Å²) in [7, 11) is 3.26. The highest BCUT2D eigenvalue weighted by atomic mass is 79.9. The third-order valence-electron chi connectivity index (χ3n) is 5.41. The van der Waals surface area contributed by atoms with Crippen LogP contribution in [0.4, 0.5) is 0 Å². The van der Waals surface area contributed by atoms with Crippen molar-refractivity contribution >= 4 is 37.7 Å². The van der Waals surface area contributed by atoms with E-state index in [4.69, 9.17) is 9.47 Å². The normalized spacial score (nSPS) is 11.5. The number of hydrogen-bond donors (Lipinski definition) is 2. The molecule has 6 nitrogen and oxygen atoms in total. The van der Waals surface area contributed by atoms with Crippen LogP contribution in [0.25, 0.3) is 21.8 Å². The Morgan fingerprint density at radius 1 is 0.767 bits per heavy atom. The van der Waals surface area contributed by atoms with E-state index >= 15 is 0 Å². The molecule has 150 valence electrons. The number of nitrogens with one attached hydrogen (secondary N) is 2. The molecule has 0 fully saturated rings. The van der Waals surface area contributed by atoms with E-state index in [-0.39, 0.29) is 5.92 Å². The molecule has 4 heterocycles. The van der Waals surface area contributed by atoms with Crippen LogP contribution in [0.1, 0.15) is 22.6 Å². The Morgan fingerprint density at radius 2 is 1.27 bits per heavy atom. The van der Waals surface area contributed by atoms with Gasteiger partial charge in [0.1, 0.15) is 11.0 Å². The quantitative estimate of drug-likeness (QED) is 0.366. The topological polar surface area (TPSA) is 75.8 Å². The molecule has 0 saturated heterocycles. The molecule has 0 amide bonds. The summed E-state index contributed by atoms with van der Waals surface area (Å²) in [5.41, 5.74) is 5.23. The van der Waals surface area contributed by atoms with E-state index in [1.54, 1.807) is 26.6 Å². The highest BCUT2D eigenvalue weighted by Crippen LogP contribution is 2.41. The van der Waals surface area contributed by atoms with E-state index in [0.717, 1.165) is 37.4 Å². The summed E-state index contributed by atoms with van der Waals surface area (Å²) in [6.07, 6.45) is 7.64. The summed E-state index contributed by atoms with van der Waals surface area (Å²) < 4.78 is 11.9. The van der Waals surface area contributed by atoms with E-state index in [2.05, 4.69) is 60.1 Å². The summed E-state index contributed by atoms with van der Waals surface area (Å²) in [6, 6.07) is 12.5. The van der Waals surface area contributed by atoms with Crippen LogP contribution >= 0.6 is 15.9 Å². The van der Waals surface area contributed by atoms with Crippen LogP contribution in [0.2, 0.25) is 0 Å². The molecule has 0 radical (unpaired) electrons. The van der Waals surface area contributed by atoms with Crippen molar-refractivity contribution in [3.05, 3.63) is 82.3 Å². The first-order valence-corrected chi connectivity index (χ1v) is 10.3. The maximum Gasteiger partial charge on any atom is 0.238 e. The molecule has 0 saturated carbocycles. The Balaban J connectivity index is 1.79. The summed E-state index contributed by atoms with van der Waals surface area (Å²) in [5.74, 6) is 1.15. The number of fused-ring (bicyclic) bond motifs is 2. The van der Waals surface area contributed by atoms with E-state index in [1.165, 1.54) is 5.56 Å². The maximum atomic E-state index is 5.45. The van der Waals surface area contributed by atoms with Crippen LogP contribution in [0, 0.1) is 0 Å². The fourth-order valence-electron chi connectivity index (χ4n) is 4.07. The minimum atomic E-state index is -0.0141. The van der Waals surface area contributed by atoms with Crippen LogP contribution in [0.15, 0.2) is 65.7 Å². The Kier molecular flexibility index (Phi) is 4.67. The number of benzene rings is 1. The number of aromatic amines is 2. The van der Waals surface area contributed by atoms with Gasteiger partial charge in [-0.05, 0) is 41.0 Å². The van der Waals surface area contributed by atoms with Gasteiger partial charge in [0.15, 0.2) is 0 Å². The SMILES string of the molecule is COc1nccc2c(C(c3ccc(Br)cc3)c3c[nH]c4c(OC)nccc34)c[nH]c12. The Morgan fingerprint density at radius 3 is 1.73 bits per heavy atom. The van der Waals surface area contributed by atoms with Gasteiger partial charge in [0.25, 0.3) is 0 Å². The highest BCUT2D eigenvalue weighted by molar-refractivity contribution is 9.10. The fraction of sp³-hybridized carbons (Fsp3) is 0.130. The molecule has 0 aliphatic rings. The van der Waals surface area contributed by atoms with E-state index in [9.17, 15) is 0 Å². The van der Waals surface area contributed by atoms with Gasteiger partial charge in [-0.2, -0.15) is 0 Å². The summed E-state index contributed by atoms with van der Waals surface area (Å²) in [4.78, 5) is 15.4. The van der Waals surface area contributed by atoms with Gasteiger partial charge in [-0.3, -0.25) is 0 Å². The highest BCUT2D eigenvalue weighted by Gasteiger charge is 2.25. The molecule has 0 aliphatic heterocycles. The molecule has 0 atom stereocenters. The predicted molar refractivity (Wildman–Crippen MR) is 120 cm³/mol. The molecular weight excluding hydrogens is 444 g/mol. The Labute approximate surface area is 181 Å². The fourth-order valence-corrected chi connectivity index (χ4v) is 4.33. The number of methoxy groups -OCH3 is 2. The second-order valence-corrected chi connectivity index (χ2v) is 7.87. The lowest BCUT2D eigenvalue weighted by atomic mass is 9.85. The van der Waals surface area contributed by atoms with Crippen molar-refractivity contribution in [2.24, 2.45) is 0 Å². The van der Waals surface area contributed by atoms with Crippen LogP contribution in [0.5, 0.6) is 11.8 Å². The van der Waals surface area contributed by atoms with Crippen molar-refractivity contribution in [1.82, 2.24) is 19.9 Å². The van der Waals surface area contributed by atoms with E-state index in [1.807, 2.05) is 24.5 Å². The smallest absolute Gasteiger partial charge is 0.238 e. The zero-order valence-electron chi connectivity index (χ0n) is 16.4. The van der Waals surface area contributed by atoms with Gasteiger partial charge in [-0.25, -0.2) is 9.97 Å². The van der Waals surface area contributed by atoms with E-state index in [0.29, 0.717) is 11.8 Å². The standard InChI is InChI=1S/C23H19BrN4O2/c1-29-22-20-15(7-9-25-22)17(11-27-20)19(13-3-5-14(24)6-4-13)18-12-28-21-16(18)8-10-26-23(21)30-2/h3-12,19,27-28H,1-2H3. The number of hydrogen-bond acceptors (Lipinski definition) is 4. The molecule has 0 unspecified atom stereocenters. The first-order chi connectivity index (χ1) is 14.7. The molecule has 5 rings (SSSR count). The van der Waals surface area contributed by atoms with Crippen molar-refractivity contribution in [3.8, 4) is 11.8 Å². The largest absolute Gasteiger partial charge is 0.479 e. The second kappa shape index (κ2) is 7.50. The van der Waals surface area contributed by atoms with Crippen molar-refractivity contribution in [1.29, 1.82) is 0 Å². The van der Waals surface area contributed by atoms with Gasteiger partial charge >= 0.3 is 0 Å². The van der Waals surface area contributed by atoms with Gasteiger partial charge in [0.05, 0.1) is 14.2 Å². The predicted octanol–water partition coefficient (Wildman–Crippen LogP) is 5.40. The summed E-state index contributed by atoms with van der Waals surface area (Å²) in [5, 5.41) is 2.15. The van der Waals surface area contributed by atoms with Crippen LogP contribution in [-0.4, -0.2) is 34.2 Å². The lowest BCUT2D eigenvalue weighted by Crippen LogP contribution is -2.02. The van der Waals surface area contributed by atoms with Crippen LogP contribution in [-0.2, 0) is 0 Å². The number of halogens is 1. The van der Waals surface area contributed by atoms with Crippen LogP contribution in [0.3, 0.4) is 0 Å². The number of pyridine rings is 2. The van der Waals surface area contributed by atoms with Gasteiger partial charge in [0.2, 0.25) is 11.8 Å². The second-order valence-electron chi connectivity index (χ2n) is 6.96. The summed E-state index contributed by atoms with van der Waals surface area (Å²) >= 11 is 3.55. The van der Waals surface area contributed by atoms with Crippen molar-refractivity contribution in [2.45, 2.75) is 5.92 Å². The number of ether oxygens (including phenoxy) is 2. The van der Waals surface area contributed by atoms with Crippen molar-refractivity contribution in [2.75, 3.05) is 14.2 Å². The van der Waals surface area contributed by atoms with Gasteiger partial charge < -0.3 is 19.4 Å². The average molecular weight is 463 g/mol. The lowest BCUT2D eigenvalue weighted by molar-refractivity contribution is 0.402. The number of rotatable bonds is 5. The monoisotopic (exact) mass is 462 g/mol. The van der Waals surface area contributed by atoms with Crippen LogP contribution < -0.4 is 9.47 Å². The molecule has 2 N–H and O–H groups in total. The molecule has 1 aromatic carbocycles. The Bertz CT molecular complexity index is 1260. The van der Waals surface area contributed by atoms with Gasteiger partial charge in [-0.15, -0.1) is 0 Å². The molecule has 4 aromatic heterocycles. The van der Waals surface area contributed by atoms with E-state index < -0.39 is 0 Å². The zero-order valence-corrected chi connectivity index (χ0v) is 18.0. The molecule has 0 aliphatic carbocycles. The average Bonchev–Trinajstić information content (AvgIpc) is 3.40. The molecular formula is C23H19BrN4O2. The molecule has 7 heteroatoms. The third kappa shape index (κ3) is 2.93. The molecule has 0 spiro atoms. The van der Waals surface area contributed by atoms with Crippen molar-refractivity contribution < 1.29 is 9.47 Å². The first-order valence-electron chi connectivity index (χ1n) is 9.46. The van der Waals surface area contributed by atoms with Gasteiger partial charge in [0, 0.05) is 46.0 Å². The zero-order chi connectivity index (χ0) is 20.7. The minimum Gasteiger partial charge on any atom is -0.479 e. The molecule has 5 aromatic rings. The van der Waals surface area contributed by atoms with Gasteiger partial charge in [-0.1, -0.05) is 28.1 Å². The molecule has 0 bridgehead atoms. The lowest BCUT2D eigenvalue weighted by Gasteiger charge is -2.17. The molecule has 30 heavy (non-hydrogen) atoms. The third-order valence-corrected chi connectivity index (χ3v) is 5.94. The number of aromatic nitrogens is 4. The summed E-state index contributed by atoms with van der Waals surface area (Å²) in [6.45, 7) is 0.